The summed E-state index contributed by atoms with van der Waals surface area (Å²) in [6.07, 6.45) is 0. The maximum absolute atomic E-state index is 5.73. The highest BCUT2D eigenvalue weighted by Gasteiger charge is 1.96. The van der Waals surface area contributed by atoms with Gasteiger partial charge in [-0.25, -0.2) is 0 Å². The van der Waals surface area contributed by atoms with Crippen LogP contribution in [0.2, 0.25) is 10.0 Å². The van der Waals surface area contributed by atoms with Crippen LogP contribution in [0.25, 0.3) is 0 Å². The third-order valence-corrected chi connectivity index (χ3v) is 2.02. The van der Waals surface area contributed by atoms with Crippen molar-refractivity contribution < 1.29 is 0 Å². The fraction of sp³-hybridized carbons (Fsp3) is 0.143. The highest BCUT2D eigenvalue weighted by molar-refractivity contribution is 6.35. The molecule has 0 atom stereocenters. The minimum absolute atomic E-state index is 0. The Morgan fingerprint density at radius 2 is 1.36 bits per heavy atom. The van der Waals surface area contributed by atoms with Crippen molar-refractivity contribution >= 4 is 48.0 Å². The Bertz CT molecular complexity index is 201. The lowest BCUT2D eigenvalue weighted by atomic mass is 10.2. The van der Waals surface area contributed by atoms with Gasteiger partial charge < -0.3 is 0 Å². The minimum atomic E-state index is 0. The second-order valence-corrected chi connectivity index (χ2v) is 2.66. The van der Waals surface area contributed by atoms with Gasteiger partial charge in [0.05, 0.1) is 0 Å². The van der Waals surface area contributed by atoms with E-state index in [4.69, 9.17) is 23.2 Å². The normalized spacial score (nSPS) is 7.91. The third kappa shape index (κ3) is 3.53. The molecular formula is C7H8Cl4. The quantitative estimate of drug-likeness (QED) is 0.632. The zero-order valence-corrected chi connectivity index (χ0v) is 8.95. The van der Waals surface area contributed by atoms with E-state index in [-0.39, 0.29) is 24.8 Å². The molecule has 1 rings (SSSR count). The average molecular weight is 234 g/mol. The van der Waals surface area contributed by atoms with Crippen LogP contribution in [0.3, 0.4) is 0 Å². The van der Waals surface area contributed by atoms with Crippen LogP contribution in [-0.4, -0.2) is 0 Å². The van der Waals surface area contributed by atoms with E-state index in [1.54, 1.807) is 0 Å². The van der Waals surface area contributed by atoms with E-state index in [9.17, 15) is 0 Å². The maximum atomic E-state index is 5.73. The molecule has 4 heteroatoms. The molecule has 0 bridgehead atoms. The molecule has 0 saturated carbocycles. The van der Waals surface area contributed by atoms with Crippen molar-refractivity contribution in [2.45, 2.75) is 6.92 Å². The van der Waals surface area contributed by atoms with Gasteiger partial charge in [0.25, 0.3) is 0 Å². The molecule has 0 nitrogen and oxygen atoms in total. The molecule has 0 heterocycles. The summed E-state index contributed by atoms with van der Waals surface area (Å²) in [6.45, 7) is 1.89. The van der Waals surface area contributed by atoms with Gasteiger partial charge in [-0.3, -0.25) is 0 Å². The molecule has 11 heavy (non-hydrogen) atoms. The highest BCUT2D eigenvalue weighted by atomic mass is 35.5. The maximum Gasteiger partial charge on any atom is 0.0450 e. The molecule has 0 saturated heterocycles. The Balaban J connectivity index is 0. The molecule has 0 radical (unpaired) electrons. The van der Waals surface area contributed by atoms with Crippen LogP contribution in [0.1, 0.15) is 5.56 Å². The Labute approximate surface area is 88.7 Å². The average Bonchev–Trinajstić information content (AvgIpc) is 1.83. The summed E-state index contributed by atoms with van der Waals surface area (Å²) >= 11 is 11.5. The standard InChI is InChI=1S/C7H6Cl2.2ClH/c1-5-6(8)3-2-4-7(5)9;;/h2-4H,1H3;2*1H. The van der Waals surface area contributed by atoms with Gasteiger partial charge in [0, 0.05) is 10.0 Å². The molecule has 1 aromatic carbocycles. The monoisotopic (exact) mass is 232 g/mol. The largest absolute Gasteiger partial charge is 0.147 e. The Morgan fingerprint density at radius 1 is 1.00 bits per heavy atom. The van der Waals surface area contributed by atoms with Crippen molar-refractivity contribution in [1.29, 1.82) is 0 Å². The summed E-state index contributed by atoms with van der Waals surface area (Å²) in [6, 6.07) is 5.48. The van der Waals surface area contributed by atoms with Crippen LogP contribution < -0.4 is 0 Å². The molecule has 0 aliphatic rings. The molecular weight excluding hydrogens is 226 g/mol. The van der Waals surface area contributed by atoms with Crippen LogP contribution >= 0.6 is 48.0 Å². The first-order valence-corrected chi connectivity index (χ1v) is 3.38. The molecule has 0 aromatic heterocycles. The number of benzene rings is 1. The third-order valence-electron chi connectivity index (χ3n) is 1.20. The van der Waals surface area contributed by atoms with Crippen molar-refractivity contribution in [1.82, 2.24) is 0 Å². The van der Waals surface area contributed by atoms with Crippen LogP contribution in [-0.2, 0) is 0 Å². The second kappa shape index (κ2) is 5.96. The fourth-order valence-electron chi connectivity index (χ4n) is 0.581. The first-order valence-electron chi connectivity index (χ1n) is 2.62. The molecule has 0 amide bonds. The van der Waals surface area contributed by atoms with E-state index in [1.165, 1.54) is 0 Å². The fourth-order valence-corrected chi connectivity index (χ4v) is 0.979. The molecule has 0 fully saturated rings. The number of hydrogen-bond donors (Lipinski definition) is 0. The second-order valence-electron chi connectivity index (χ2n) is 1.85. The van der Waals surface area contributed by atoms with Gasteiger partial charge in [0.2, 0.25) is 0 Å². The zero-order chi connectivity index (χ0) is 6.85. The Kier molecular flexibility index (Phi) is 7.55. The summed E-state index contributed by atoms with van der Waals surface area (Å²) in [7, 11) is 0. The van der Waals surface area contributed by atoms with Crippen LogP contribution in [0.15, 0.2) is 18.2 Å². The molecule has 1 aromatic rings. The van der Waals surface area contributed by atoms with Gasteiger partial charge >= 0.3 is 0 Å². The highest BCUT2D eigenvalue weighted by Crippen LogP contribution is 2.21. The summed E-state index contributed by atoms with van der Waals surface area (Å²) in [5, 5.41) is 1.45. The van der Waals surface area contributed by atoms with Crippen molar-refractivity contribution in [3.8, 4) is 0 Å². The molecule has 0 aliphatic heterocycles. The number of halogens is 4. The Morgan fingerprint density at radius 3 is 1.64 bits per heavy atom. The van der Waals surface area contributed by atoms with Gasteiger partial charge in [-0.1, -0.05) is 29.3 Å². The van der Waals surface area contributed by atoms with Gasteiger partial charge in [0.15, 0.2) is 0 Å². The molecule has 0 aliphatic carbocycles. The van der Waals surface area contributed by atoms with Gasteiger partial charge in [0.1, 0.15) is 0 Å². The van der Waals surface area contributed by atoms with E-state index < -0.39 is 0 Å². The molecule has 0 spiro atoms. The smallest absolute Gasteiger partial charge is 0.0450 e. The first kappa shape index (κ1) is 13.9. The van der Waals surface area contributed by atoms with Crippen molar-refractivity contribution in [2.75, 3.05) is 0 Å². The van der Waals surface area contributed by atoms with Crippen molar-refractivity contribution in [2.24, 2.45) is 0 Å². The van der Waals surface area contributed by atoms with Crippen LogP contribution in [0.4, 0.5) is 0 Å². The Hall–Kier alpha value is 0.380. The van der Waals surface area contributed by atoms with Crippen molar-refractivity contribution in [3.05, 3.63) is 33.8 Å². The van der Waals surface area contributed by atoms with Crippen LogP contribution in [0, 0.1) is 6.92 Å². The molecule has 64 valence electrons. The van der Waals surface area contributed by atoms with E-state index in [1.807, 2.05) is 25.1 Å². The summed E-state index contributed by atoms with van der Waals surface area (Å²) in [5.41, 5.74) is 0.945. The lowest BCUT2D eigenvalue weighted by Crippen LogP contribution is -1.73. The first-order chi connectivity index (χ1) is 4.22. The predicted molar refractivity (Wildman–Crippen MR) is 55.7 cm³/mol. The SMILES string of the molecule is Cc1c(Cl)cccc1Cl.Cl.Cl. The van der Waals surface area contributed by atoms with Gasteiger partial charge in [-0.05, 0) is 24.6 Å². The molecule has 0 unspecified atom stereocenters. The van der Waals surface area contributed by atoms with E-state index >= 15 is 0 Å². The van der Waals surface area contributed by atoms with Gasteiger partial charge in [-0.2, -0.15) is 0 Å². The predicted octanol–water partition coefficient (Wildman–Crippen LogP) is 4.15. The molecule has 0 N–H and O–H groups in total. The van der Waals surface area contributed by atoms with E-state index in [0.29, 0.717) is 0 Å². The van der Waals surface area contributed by atoms with E-state index in [2.05, 4.69) is 0 Å². The lowest BCUT2D eigenvalue weighted by Gasteiger charge is -1.96. The minimum Gasteiger partial charge on any atom is -0.147 e. The van der Waals surface area contributed by atoms with Crippen molar-refractivity contribution in [3.63, 3.8) is 0 Å². The zero-order valence-electron chi connectivity index (χ0n) is 5.80. The number of rotatable bonds is 0. The number of hydrogen-bond acceptors (Lipinski definition) is 0. The lowest BCUT2D eigenvalue weighted by molar-refractivity contribution is 1.47. The topological polar surface area (TPSA) is 0 Å². The summed E-state index contributed by atoms with van der Waals surface area (Å²) in [5.74, 6) is 0. The van der Waals surface area contributed by atoms with Crippen LogP contribution in [0.5, 0.6) is 0 Å². The van der Waals surface area contributed by atoms with Gasteiger partial charge in [-0.15, -0.1) is 24.8 Å². The summed E-state index contributed by atoms with van der Waals surface area (Å²) < 4.78 is 0. The summed E-state index contributed by atoms with van der Waals surface area (Å²) in [4.78, 5) is 0. The van der Waals surface area contributed by atoms with E-state index in [0.717, 1.165) is 15.6 Å².